The number of hydrogen-bond acceptors (Lipinski definition) is 5. The number of halogens is 3. The van der Waals surface area contributed by atoms with E-state index in [0.717, 1.165) is 12.1 Å². The Kier molecular flexibility index (Phi) is 5.08. The van der Waals surface area contributed by atoms with E-state index in [9.17, 15) is 18.0 Å². The number of pyridine rings is 2. The Morgan fingerprint density at radius 2 is 1.96 bits per heavy atom. The Labute approximate surface area is 136 Å². The molecule has 0 N–H and O–H groups in total. The fourth-order valence-electron chi connectivity index (χ4n) is 2.11. The van der Waals surface area contributed by atoms with Crippen molar-refractivity contribution in [3.05, 3.63) is 34.9 Å². The first-order valence-corrected chi connectivity index (χ1v) is 7.36. The molecule has 0 aromatic carbocycles. The summed E-state index contributed by atoms with van der Waals surface area (Å²) >= 11 is 0. The van der Waals surface area contributed by atoms with Gasteiger partial charge in [0.05, 0.1) is 24.0 Å². The first kappa shape index (κ1) is 18.1. The molecule has 0 atom stereocenters. The highest BCUT2D eigenvalue weighted by molar-refractivity contribution is 5.94. The third-order valence-corrected chi connectivity index (χ3v) is 3.09. The van der Waals surface area contributed by atoms with Gasteiger partial charge in [0.15, 0.2) is 11.3 Å². The maximum Gasteiger partial charge on any atom is 0.401 e. The number of esters is 1. The molecule has 0 radical (unpaired) electrons. The number of rotatable bonds is 5. The minimum Gasteiger partial charge on any atom is -0.462 e. The molecule has 24 heavy (non-hydrogen) atoms. The van der Waals surface area contributed by atoms with Gasteiger partial charge in [0, 0.05) is 5.39 Å². The molecule has 0 bridgehead atoms. The van der Waals surface area contributed by atoms with Crippen LogP contribution < -0.4 is 0 Å². The highest BCUT2D eigenvalue weighted by atomic mass is 19.3. The fourth-order valence-corrected chi connectivity index (χ4v) is 2.11. The second-order valence-electron chi connectivity index (χ2n) is 5.39. The van der Waals surface area contributed by atoms with E-state index in [1.165, 1.54) is 20.8 Å². The van der Waals surface area contributed by atoms with Gasteiger partial charge in [0.25, 0.3) is 0 Å². The SMILES string of the molecule is CCOC(=O)c1cc2cc(F)c(C)nc2nc1C(F)(F)OC(C)C. The third-order valence-electron chi connectivity index (χ3n) is 3.09. The lowest BCUT2D eigenvalue weighted by molar-refractivity contribution is -0.269. The van der Waals surface area contributed by atoms with Gasteiger partial charge in [-0.05, 0) is 39.8 Å². The van der Waals surface area contributed by atoms with E-state index < -0.39 is 35.3 Å². The quantitative estimate of drug-likeness (QED) is 0.775. The largest absolute Gasteiger partial charge is 0.462 e. The molecule has 0 spiro atoms. The van der Waals surface area contributed by atoms with E-state index >= 15 is 0 Å². The van der Waals surface area contributed by atoms with E-state index in [2.05, 4.69) is 14.7 Å². The van der Waals surface area contributed by atoms with Gasteiger partial charge in [0.2, 0.25) is 0 Å². The van der Waals surface area contributed by atoms with E-state index in [1.54, 1.807) is 6.92 Å². The zero-order chi connectivity index (χ0) is 18.1. The number of nitrogens with zero attached hydrogens (tertiary/aromatic N) is 2. The zero-order valence-corrected chi connectivity index (χ0v) is 13.7. The van der Waals surface area contributed by atoms with Gasteiger partial charge in [-0.15, -0.1) is 0 Å². The molecule has 0 saturated carbocycles. The third kappa shape index (κ3) is 3.64. The maximum absolute atomic E-state index is 14.4. The monoisotopic (exact) mass is 342 g/mol. The normalized spacial score (nSPS) is 12.0. The van der Waals surface area contributed by atoms with E-state index in [4.69, 9.17) is 4.74 Å². The smallest absolute Gasteiger partial charge is 0.401 e. The Bertz CT molecular complexity index is 779. The number of carbonyl (C=O) groups excluding carboxylic acids is 1. The first-order chi connectivity index (χ1) is 11.2. The summed E-state index contributed by atoms with van der Waals surface area (Å²) in [5.74, 6) is -1.62. The second-order valence-corrected chi connectivity index (χ2v) is 5.39. The summed E-state index contributed by atoms with van der Waals surface area (Å²) in [7, 11) is 0. The highest BCUT2D eigenvalue weighted by Crippen LogP contribution is 2.34. The number of fused-ring (bicyclic) bond motifs is 1. The molecule has 2 rings (SSSR count). The molecule has 130 valence electrons. The fraction of sp³-hybridized carbons (Fsp3) is 0.438. The van der Waals surface area contributed by atoms with Gasteiger partial charge < -0.3 is 9.47 Å². The predicted octanol–water partition coefficient (Wildman–Crippen LogP) is 3.73. The molecular weight excluding hydrogens is 325 g/mol. The average Bonchev–Trinajstić information content (AvgIpc) is 2.46. The molecular formula is C16H17F3N2O3. The van der Waals surface area contributed by atoms with E-state index in [0.29, 0.717) is 0 Å². The van der Waals surface area contributed by atoms with Crippen molar-refractivity contribution in [1.29, 1.82) is 0 Å². The van der Waals surface area contributed by atoms with Gasteiger partial charge in [-0.3, -0.25) is 0 Å². The maximum atomic E-state index is 14.4. The molecule has 0 aliphatic heterocycles. The van der Waals surface area contributed by atoms with Crippen LogP contribution in [0.15, 0.2) is 12.1 Å². The number of aromatic nitrogens is 2. The molecule has 0 aliphatic rings. The second kappa shape index (κ2) is 6.72. The highest BCUT2D eigenvalue weighted by Gasteiger charge is 2.40. The van der Waals surface area contributed by atoms with Crippen LogP contribution in [0.5, 0.6) is 0 Å². The molecule has 0 unspecified atom stereocenters. The number of aryl methyl sites for hydroxylation is 1. The van der Waals surface area contributed by atoms with Crippen LogP contribution in [-0.4, -0.2) is 28.6 Å². The van der Waals surface area contributed by atoms with Crippen molar-refractivity contribution in [1.82, 2.24) is 9.97 Å². The van der Waals surface area contributed by atoms with E-state index in [1.807, 2.05) is 0 Å². The number of ether oxygens (including phenoxy) is 2. The summed E-state index contributed by atoms with van der Waals surface area (Å²) in [6.45, 7) is 5.78. The molecule has 0 aliphatic carbocycles. The molecule has 2 aromatic heterocycles. The van der Waals surface area contributed by atoms with Gasteiger partial charge in [-0.25, -0.2) is 19.2 Å². The lowest BCUT2D eigenvalue weighted by Gasteiger charge is -2.21. The summed E-state index contributed by atoms with van der Waals surface area (Å²) in [5.41, 5.74) is -1.48. The zero-order valence-electron chi connectivity index (χ0n) is 13.7. The van der Waals surface area contributed by atoms with Gasteiger partial charge in [0.1, 0.15) is 5.82 Å². The van der Waals surface area contributed by atoms with Crippen LogP contribution in [0.3, 0.4) is 0 Å². The van der Waals surface area contributed by atoms with Crippen molar-refractivity contribution in [2.24, 2.45) is 0 Å². The number of alkyl halides is 2. The van der Waals surface area contributed by atoms with Crippen LogP contribution in [0.25, 0.3) is 11.0 Å². The van der Waals surface area contributed by atoms with Gasteiger partial charge in [-0.2, -0.15) is 8.78 Å². The van der Waals surface area contributed by atoms with Crippen molar-refractivity contribution in [2.45, 2.75) is 39.9 Å². The Morgan fingerprint density at radius 3 is 2.54 bits per heavy atom. The van der Waals surface area contributed by atoms with Crippen molar-refractivity contribution in [2.75, 3.05) is 6.61 Å². The van der Waals surface area contributed by atoms with Crippen molar-refractivity contribution < 1.29 is 27.4 Å². The molecule has 0 saturated heterocycles. The summed E-state index contributed by atoms with van der Waals surface area (Å²) in [6, 6.07) is 2.17. The van der Waals surface area contributed by atoms with Crippen LogP contribution in [-0.2, 0) is 15.6 Å². The van der Waals surface area contributed by atoms with Crippen molar-refractivity contribution in [3.8, 4) is 0 Å². The molecule has 0 fully saturated rings. The molecule has 0 amide bonds. The van der Waals surface area contributed by atoms with E-state index in [-0.39, 0.29) is 23.3 Å². The summed E-state index contributed by atoms with van der Waals surface area (Å²) in [5, 5.41) is 0.116. The van der Waals surface area contributed by atoms with Crippen LogP contribution in [0.1, 0.15) is 42.5 Å². The Balaban J connectivity index is 2.71. The molecule has 5 nitrogen and oxygen atoms in total. The molecule has 2 aromatic rings. The van der Waals surface area contributed by atoms with Crippen LogP contribution in [0, 0.1) is 12.7 Å². The van der Waals surface area contributed by atoms with Gasteiger partial charge in [-0.1, -0.05) is 0 Å². The van der Waals surface area contributed by atoms with Crippen molar-refractivity contribution in [3.63, 3.8) is 0 Å². The predicted molar refractivity (Wildman–Crippen MR) is 80.3 cm³/mol. The van der Waals surface area contributed by atoms with Crippen molar-refractivity contribution >= 4 is 17.0 Å². The van der Waals surface area contributed by atoms with Crippen LogP contribution in [0.4, 0.5) is 13.2 Å². The number of hydrogen-bond donors (Lipinski definition) is 0. The van der Waals surface area contributed by atoms with Crippen LogP contribution >= 0.6 is 0 Å². The standard InChI is InChI=1S/C16H17F3N2O3/c1-5-23-15(22)11-6-10-7-12(17)9(4)20-14(10)21-13(11)16(18,19)24-8(2)3/h6-8H,5H2,1-4H3. The Hall–Kier alpha value is -2.22. The lowest BCUT2D eigenvalue weighted by Crippen LogP contribution is -2.27. The first-order valence-electron chi connectivity index (χ1n) is 7.36. The lowest BCUT2D eigenvalue weighted by atomic mass is 10.1. The number of carbonyl (C=O) groups is 1. The Morgan fingerprint density at radius 1 is 1.29 bits per heavy atom. The summed E-state index contributed by atoms with van der Waals surface area (Å²) < 4.78 is 51.8. The average molecular weight is 342 g/mol. The minimum absolute atomic E-state index is 0.00652. The molecule has 2 heterocycles. The summed E-state index contributed by atoms with van der Waals surface area (Å²) in [4.78, 5) is 19.6. The molecule has 8 heteroatoms. The summed E-state index contributed by atoms with van der Waals surface area (Å²) in [6.07, 6.45) is -4.63. The minimum atomic E-state index is -3.82. The van der Waals surface area contributed by atoms with Gasteiger partial charge >= 0.3 is 12.1 Å². The van der Waals surface area contributed by atoms with Crippen LogP contribution in [0.2, 0.25) is 0 Å². The topological polar surface area (TPSA) is 61.3 Å².